The second kappa shape index (κ2) is 6.51. The van der Waals surface area contributed by atoms with Crippen LogP contribution in [0.1, 0.15) is 13.3 Å². The Hall–Kier alpha value is -0.630. The van der Waals surface area contributed by atoms with E-state index in [-0.39, 0.29) is 16.6 Å². The van der Waals surface area contributed by atoms with Gasteiger partial charge in [-0.3, -0.25) is 0 Å². The molecule has 0 aromatic heterocycles. The fraction of sp³-hybridized carbons (Fsp3) is 0.455. The summed E-state index contributed by atoms with van der Waals surface area (Å²) in [6.07, 6.45) is 0.640. The molecule has 0 spiro atoms. The quantitative estimate of drug-likeness (QED) is 0.775. The molecule has 18 heavy (non-hydrogen) atoms. The number of sulfonamides is 1. The maximum Gasteiger partial charge on any atom is 0.242 e. The standard InChI is InChI=1S/C11H17BrN2O3S/c1-3-9(7-17-2)14-18(15,16)11-6-8(12)4-5-10(11)13/h4-6,9,14H,3,7,13H2,1-2H3. The fourth-order valence-corrected chi connectivity index (χ4v) is 3.43. The Labute approximate surface area is 116 Å². The van der Waals surface area contributed by atoms with Crippen LogP contribution in [0.5, 0.6) is 0 Å². The van der Waals surface area contributed by atoms with E-state index >= 15 is 0 Å². The first-order valence-electron chi connectivity index (χ1n) is 5.47. The van der Waals surface area contributed by atoms with Crippen molar-refractivity contribution in [1.29, 1.82) is 0 Å². The Morgan fingerprint density at radius 2 is 2.17 bits per heavy atom. The van der Waals surface area contributed by atoms with Gasteiger partial charge in [-0.05, 0) is 24.6 Å². The highest BCUT2D eigenvalue weighted by Crippen LogP contribution is 2.23. The predicted octanol–water partition coefficient (Wildman–Crippen LogP) is 1.73. The lowest BCUT2D eigenvalue weighted by molar-refractivity contribution is 0.173. The van der Waals surface area contributed by atoms with E-state index in [0.717, 1.165) is 0 Å². The average Bonchev–Trinajstić information content (AvgIpc) is 2.31. The molecule has 0 aliphatic carbocycles. The Bertz CT molecular complexity index is 505. The van der Waals surface area contributed by atoms with Gasteiger partial charge in [0, 0.05) is 17.6 Å². The summed E-state index contributed by atoms with van der Waals surface area (Å²) in [6.45, 7) is 2.21. The van der Waals surface area contributed by atoms with Crippen LogP contribution in [0.2, 0.25) is 0 Å². The van der Waals surface area contributed by atoms with Crippen molar-refractivity contribution < 1.29 is 13.2 Å². The second-order valence-electron chi connectivity index (χ2n) is 3.86. The van der Waals surface area contributed by atoms with E-state index in [1.165, 1.54) is 13.2 Å². The van der Waals surface area contributed by atoms with Crippen LogP contribution in [0, 0.1) is 0 Å². The fourth-order valence-electron chi connectivity index (χ4n) is 1.46. The first kappa shape index (κ1) is 15.4. The molecule has 0 radical (unpaired) electrons. The van der Waals surface area contributed by atoms with Gasteiger partial charge in [0.25, 0.3) is 0 Å². The van der Waals surface area contributed by atoms with Gasteiger partial charge in [-0.1, -0.05) is 22.9 Å². The molecule has 0 saturated carbocycles. The van der Waals surface area contributed by atoms with Gasteiger partial charge in [0.2, 0.25) is 10.0 Å². The van der Waals surface area contributed by atoms with Crippen LogP contribution in [-0.4, -0.2) is 28.2 Å². The minimum absolute atomic E-state index is 0.0754. The maximum atomic E-state index is 12.2. The molecule has 5 nitrogen and oxygen atoms in total. The van der Waals surface area contributed by atoms with Crippen molar-refractivity contribution in [2.45, 2.75) is 24.3 Å². The zero-order valence-electron chi connectivity index (χ0n) is 10.3. The smallest absolute Gasteiger partial charge is 0.242 e. The summed E-state index contributed by atoms with van der Waals surface area (Å²) in [5.41, 5.74) is 5.92. The molecule has 1 aromatic carbocycles. The van der Waals surface area contributed by atoms with Gasteiger partial charge in [-0.25, -0.2) is 13.1 Å². The van der Waals surface area contributed by atoms with Gasteiger partial charge in [0.05, 0.1) is 12.3 Å². The van der Waals surface area contributed by atoms with Crippen molar-refractivity contribution >= 4 is 31.6 Å². The summed E-state index contributed by atoms with van der Waals surface area (Å²) in [5, 5.41) is 0. The molecule has 0 bridgehead atoms. The van der Waals surface area contributed by atoms with Gasteiger partial charge in [-0.2, -0.15) is 0 Å². The molecule has 1 unspecified atom stereocenters. The topological polar surface area (TPSA) is 81.4 Å². The van der Waals surface area contributed by atoms with Crippen LogP contribution < -0.4 is 10.5 Å². The minimum atomic E-state index is -3.63. The third-order valence-corrected chi connectivity index (χ3v) is 4.52. The van der Waals surface area contributed by atoms with E-state index in [4.69, 9.17) is 10.5 Å². The van der Waals surface area contributed by atoms with Crippen LogP contribution in [-0.2, 0) is 14.8 Å². The Morgan fingerprint density at radius 3 is 2.72 bits per heavy atom. The molecule has 0 amide bonds. The van der Waals surface area contributed by atoms with E-state index in [9.17, 15) is 8.42 Å². The largest absolute Gasteiger partial charge is 0.398 e. The number of methoxy groups -OCH3 is 1. The number of ether oxygens (including phenoxy) is 1. The normalized spacial score (nSPS) is 13.5. The molecular formula is C11H17BrN2O3S. The molecule has 3 N–H and O–H groups in total. The number of nitrogens with two attached hydrogens (primary N) is 1. The lowest BCUT2D eigenvalue weighted by atomic mass is 10.3. The van der Waals surface area contributed by atoms with Gasteiger partial charge >= 0.3 is 0 Å². The van der Waals surface area contributed by atoms with Crippen LogP contribution in [0.4, 0.5) is 5.69 Å². The third-order valence-electron chi connectivity index (χ3n) is 2.45. The number of anilines is 1. The van der Waals surface area contributed by atoms with Gasteiger partial charge in [0.15, 0.2) is 0 Å². The molecule has 0 aliphatic heterocycles. The zero-order chi connectivity index (χ0) is 13.8. The summed E-state index contributed by atoms with van der Waals surface area (Å²) >= 11 is 3.23. The van der Waals surface area contributed by atoms with E-state index in [1.54, 1.807) is 12.1 Å². The first-order chi connectivity index (χ1) is 8.40. The van der Waals surface area contributed by atoms with Crippen LogP contribution in [0.15, 0.2) is 27.6 Å². The van der Waals surface area contributed by atoms with Crippen molar-refractivity contribution in [3.63, 3.8) is 0 Å². The number of nitrogens with one attached hydrogen (secondary N) is 1. The van der Waals surface area contributed by atoms with Crippen molar-refractivity contribution in [2.24, 2.45) is 0 Å². The predicted molar refractivity (Wildman–Crippen MR) is 74.8 cm³/mol. The summed E-state index contributed by atoms with van der Waals surface area (Å²) in [4.78, 5) is 0.0754. The molecule has 102 valence electrons. The number of benzene rings is 1. The molecule has 1 aromatic rings. The molecule has 0 heterocycles. The van der Waals surface area contributed by atoms with Crippen molar-refractivity contribution in [3.8, 4) is 0 Å². The van der Waals surface area contributed by atoms with Gasteiger partial charge in [0.1, 0.15) is 4.90 Å². The zero-order valence-corrected chi connectivity index (χ0v) is 12.7. The van der Waals surface area contributed by atoms with Gasteiger partial charge in [-0.15, -0.1) is 0 Å². The summed E-state index contributed by atoms with van der Waals surface area (Å²) in [7, 11) is -2.10. The van der Waals surface area contributed by atoms with Crippen molar-refractivity contribution in [1.82, 2.24) is 4.72 Å². The highest BCUT2D eigenvalue weighted by molar-refractivity contribution is 9.10. The Balaban J connectivity index is 3.02. The summed E-state index contributed by atoms with van der Waals surface area (Å²) in [5.74, 6) is 0. The van der Waals surface area contributed by atoms with Crippen molar-refractivity contribution in [2.75, 3.05) is 19.5 Å². The number of hydrogen-bond donors (Lipinski definition) is 2. The highest BCUT2D eigenvalue weighted by atomic mass is 79.9. The van der Waals surface area contributed by atoms with E-state index in [2.05, 4.69) is 20.7 Å². The summed E-state index contributed by atoms with van der Waals surface area (Å²) in [6, 6.07) is 4.46. The summed E-state index contributed by atoms with van der Waals surface area (Å²) < 4.78 is 32.6. The Morgan fingerprint density at radius 1 is 1.50 bits per heavy atom. The molecule has 1 rings (SSSR count). The highest BCUT2D eigenvalue weighted by Gasteiger charge is 2.21. The van der Waals surface area contributed by atoms with Crippen molar-refractivity contribution in [3.05, 3.63) is 22.7 Å². The van der Waals surface area contributed by atoms with E-state index in [1.807, 2.05) is 6.92 Å². The number of rotatable bonds is 6. The molecular weight excluding hydrogens is 320 g/mol. The van der Waals surface area contributed by atoms with Gasteiger partial charge < -0.3 is 10.5 Å². The lowest BCUT2D eigenvalue weighted by Gasteiger charge is -2.17. The second-order valence-corrected chi connectivity index (χ2v) is 6.46. The van der Waals surface area contributed by atoms with E-state index < -0.39 is 10.0 Å². The molecule has 7 heteroatoms. The van der Waals surface area contributed by atoms with Crippen LogP contribution in [0.25, 0.3) is 0 Å². The average molecular weight is 337 g/mol. The Kier molecular flexibility index (Phi) is 5.58. The molecule has 0 aliphatic rings. The minimum Gasteiger partial charge on any atom is -0.398 e. The number of nitrogen functional groups attached to an aromatic ring is 1. The molecule has 0 fully saturated rings. The van der Waals surface area contributed by atoms with Crippen LogP contribution in [0.3, 0.4) is 0 Å². The molecule has 0 saturated heterocycles. The van der Waals surface area contributed by atoms with E-state index in [0.29, 0.717) is 17.5 Å². The number of hydrogen-bond acceptors (Lipinski definition) is 4. The third kappa shape index (κ3) is 3.94. The first-order valence-corrected chi connectivity index (χ1v) is 7.74. The molecule has 1 atom stereocenters. The SMILES string of the molecule is CCC(COC)NS(=O)(=O)c1cc(Br)ccc1N. The monoisotopic (exact) mass is 336 g/mol. The lowest BCUT2D eigenvalue weighted by Crippen LogP contribution is -2.37. The number of halogens is 1. The maximum absolute atomic E-state index is 12.2. The van der Waals surface area contributed by atoms with Crippen LogP contribution >= 0.6 is 15.9 Å².